The number of hydrogen-bond acceptors (Lipinski definition) is 3. The topological polar surface area (TPSA) is 29.5 Å². The van der Waals surface area contributed by atoms with Crippen molar-refractivity contribution in [3.05, 3.63) is 30.1 Å². The van der Waals surface area contributed by atoms with Crippen LogP contribution in [0.3, 0.4) is 0 Å². The predicted molar refractivity (Wildman–Crippen MR) is 82.5 cm³/mol. The Kier molecular flexibility index (Phi) is 3.82. The first-order chi connectivity index (χ1) is 9.86. The van der Waals surface area contributed by atoms with Crippen molar-refractivity contribution in [3.63, 3.8) is 0 Å². The van der Waals surface area contributed by atoms with Gasteiger partial charge in [-0.3, -0.25) is 9.11 Å². The third kappa shape index (κ3) is 3.46. The van der Waals surface area contributed by atoms with Crippen LogP contribution in [0.5, 0.6) is 5.75 Å². The molecular weight excluding hydrogens is 289 g/mol. The molecular formula is C16H22FNO2S. The first-order valence-electron chi connectivity index (χ1n) is 7.38. The van der Waals surface area contributed by atoms with E-state index in [-0.39, 0.29) is 11.4 Å². The first kappa shape index (κ1) is 15.0. The van der Waals surface area contributed by atoms with Crippen molar-refractivity contribution in [3.8, 4) is 5.75 Å². The summed E-state index contributed by atoms with van der Waals surface area (Å²) in [4.78, 5) is 2.40. The summed E-state index contributed by atoms with van der Waals surface area (Å²) in [5, 5.41) is 0. The van der Waals surface area contributed by atoms with Crippen molar-refractivity contribution in [2.45, 2.75) is 25.9 Å². The Hall–Kier alpha value is -0.940. The number of hydrogen-bond donors (Lipinski definition) is 0. The molecule has 1 aromatic carbocycles. The van der Waals surface area contributed by atoms with Gasteiger partial charge in [-0.15, -0.1) is 0 Å². The monoisotopic (exact) mass is 311 g/mol. The van der Waals surface area contributed by atoms with Crippen LogP contribution >= 0.6 is 0 Å². The fraction of sp³-hybridized carbons (Fsp3) is 0.625. The van der Waals surface area contributed by atoms with Gasteiger partial charge in [0.25, 0.3) is 0 Å². The molecule has 2 aliphatic heterocycles. The Morgan fingerprint density at radius 2 is 2.00 bits per heavy atom. The maximum Gasteiger partial charge on any atom is 0.123 e. The lowest BCUT2D eigenvalue weighted by Crippen LogP contribution is -2.48. The molecule has 0 radical (unpaired) electrons. The van der Waals surface area contributed by atoms with Crippen molar-refractivity contribution < 1.29 is 13.3 Å². The summed E-state index contributed by atoms with van der Waals surface area (Å²) in [7, 11) is -0.586. The first-order valence-corrected chi connectivity index (χ1v) is 8.87. The lowest BCUT2D eigenvalue weighted by molar-refractivity contribution is 0.0649. The zero-order valence-corrected chi connectivity index (χ0v) is 13.4. The van der Waals surface area contributed by atoms with Crippen LogP contribution < -0.4 is 4.74 Å². The maximum absolute atomic E-state index is 12.9. The summed E-state index contributed by atoms with van der Waals surface area (Å²) in [6.45, 7) is 7.02. The van der Waals surface area contributed by atoms with E-state index in [1.165, 1.54) is 12.1 Å². The summed E-state index contributed by atoms with van der Waals surface area (Å²) in [5.74, 6) is 2.17. The summed E-state index contributed by atoms with van der Waals surface area (Å²) in [6.07, 6.45) is 1.14. The smallest absolute Gasteiger partial charge is 0.123 e. The van der Waals surface area contributed by atoms with E-state index in [2.05, 4.69) is 18.7 Å². The number of benzene rings is 1. The number of ether oxygens (including phenoxy) is 1. The van der Waals surface area contributed by atoms with Crippen molar-refractivity contribution in [2.75, 3.05) is 31.1 Å². The van der Waals surface area contributed by atoms with Gasteiger partial charge in [-0.25, -0.2) is 4.39 Å². The summed E-state index contributed by atoms with van der Waals surface area (Å²) in [5.41, 5.74) is -0.0247. The number of likely N-dealkylation sites (tertiary alicyclic amines) is 1. The van der Waals surface area contributed by atoms with E-state index in [1.807, 2.05) is 0 Å². The molecule has 2 heterocycles. The minimum atomic E-state index is -0.586. The molecule has 2 fully saturated rings. The number of halogens is 1. The highest BCUT2D eigenvalue weighted by Crippen LogP contribution is 2.40. The molecule has 3 nitrogen and oxygen atoms in total. The van der Waals surface area contributed by atoms with E-state index in [0.29, 0.717) is 11.2 Å². The fourth-order valence-corrected chi connectivity index (χ4v) is 5.18. The second kappa shape index (κ2) is 5.36. The average molecular weight is 311 g/mol. The van der Waals surface area contributed by atoms with Gasteiger partial charge >= 0.3 is 0 Å². The molecule has 0 aromatic heterocycles. The highest BCUT2D eigenvalue weighted by Gasteiger charge is 2.48. The Morgan fingerprint density at radius 1 is 1.33 bits per heavy atom. The van der Waals surface area contributed by atoms with Crippen LogP contribution in [0.15, 0.2) is 24.3 Å². The van der Waals surface area contributed by atoms with Gasteiger partial charge in [-0.05, 0) is 51.1 Å². The zero-order valence-electron chi connectivity index (χ0n) is 12.6. The zero-order chi connectivity index (χ0) is 15.1. The van der Waals surface area contributed by atoms with Gasteiger partial charge in [0.15, 0.2) is 0 Å². The van der Waals surface area contributed by atoms with Crippen LogP contribution in [0.4, 0.5) is 4.39 Å². The van der Waals surface area contributed by atoms with Crippen molar-refractivity contribution >= 4 is 10.8 Å². The van der Waals surface area contributed by atoms with Crippen molar-refractivity contribution in [1.82, 2.24) is 4.90 Å². The van der Waals surface area contributed by atoms with Crippen LogP contribution in [0.1, 0.15) is 20.3 Å². The number of rotatable bonds is 4. The SMILES string of the molecule is CC(C)(CN1CCC2(C1)CS(=O)C2)Oc1ccc(F)cc1. The Labute approximate surface area is 127 Å². The molecule has 0 unspecified atom stereocenters. The van der Waals surface area contributed by atoms with Gasteiger partial charge in [-0.2, -0.15) is 0 Å². The largest absolute Gasteiger partial charge is 0.487 e. The molecule has 0 aliphatic carbocycles. The molecule has 2 aliphatic rings. The van der Waals surface area contributed by atoms with Gasteiger partial charge < -0.3 is 4.74 Å². The quantitative estimate of drug-likeness (QED) is 0.855. The second-order valence-corrected chi connectivity index (χ2v) is 8.46. The van der Waals surface area contributed by atoms with Crippen LogP contribution in [0.2, 0.25) is 0 Å². The molecule has 1 spiro atoms. The standard InChI is InChI=1S/C16H22FNO2S/c1-15(2,20-14-5-3-13(17)4-6-14)9-18-8-7-16(10-18)11-21(19)12-16/h3-6H,7-12H2,1-2H3. The maximum atomic E-state index is 12.9. The van der Waals surface area contributed by atoms with E-state index in [1.54, 1.807) is 12.1 Å². The van der Waals surface area contributed by atoms with Crippen molar-refractivity contribution in [1.29, 1.82) is 0 Å². The predicted octanol–water partition coefficient (Wildman–Crippen LogP) is 2.44. The number of nitrogens with zero attached hydrogens (tertiary/aromatic N) is 1. The second-order valence-electron chi connectivity index (χ2n) is 7.00. The van der Waals surface area contributed by atoms with E-state index in [4.69, 9.17) is 4.74 Å². The molecule has 0 N–H and O–H groups in total. The highest BCUT2D eigenvalue weighted by molar-refractivity contribution is 7.86. The Bertz CT molecular complexity index is 536. The highest BCUT2D eigenvalue weighted by atomic mass is 32.2. The Morgan fingerprint density at radius 3 is 2.62 bits per heavy atom. The normalized spacial score (nSPS) is 29.6. The molecule has 3 rings (SSSR count). The summed E-state index contributed by atoms with van der Waals surface area (Å²) >= 11 is 0. The molecule has 0 saturated carbocycles. The molecule has 0 bridgehead atoms. The third-order valence-corrected chi connectivity index (χ3v) is 6.13. The van der Waals surface area contributed by atoms with Gasteiger partial charge in [0.1, 0.15) is 17.2 Å². The van der Waals surface area contributed by atoms with Gasteiger partial charge in [0.05, 0.1) is 0 Å². The molecule has 1 aromatic rings. The lowest BCUT2D eigenvalue weighted by Gasteiger charge is -2.38. The Balaban J connectivity index is 1.56. The molecule has 116 valence electrons. The van der Waals surface area contributed by atoms with E-state index < -0.39 is 10.8 Å². The minimum Gasteiger partial charge on any atom is -0.487 e. The van der Waals surface area contributed by atoms with E-state index in [0.717, 1.165) is 37.6 Å². The fourth-order valence-electron chi connectivity index (χ4n) is 3.43. The van der Waals surface area contributed by atoms with E-state index in [9.17, 15) is 8.60 Å². The van der Waals surface area contributed by atoms with Crippen LogP contribution in [0, 0.1) is 11.2 Å². The van der Waals surface area contributed by atoms with Gasteiger partial charge in [0.2, 0.25) is 0 Å². The van der Waals surface area contributed by atoms with Crippen LogP contribution in [-0.2, 0) is 10.8 Å². The molecule has 0 atom stereocenters. The van der Waals surface area contributed by atoms with Crippen LogP contribution in [0.25, 0.3) is 0 Å². The molecule has 2 saturated heterocycles. The third-order valence-electron chi connectivity index (χ3n) is 4.26. The summed E-state index contributed by atoms with van der Waals surface area (Å²) in [6, 6.07) is 6.16. The van der Waals surface area contributed by atoms with E-state index >= 15 is 0 Å². The minimum absolute atomic E-state index is 0.250. The van der Waals surface area contributed by atoms with Crippen molar-refractivity contribution in [2.24, 2.45) is 5.41 Å². The summed E-state index contributed by atoms with van der Waals surface area (Å²) < 4.78 is 30.3. The van der Waals surface area contributed by atoms with Gasteiger partial charge in [0, 0.05) is 40.8 Å². The molecule has 0 amide bonds. The van der Waals surface area contributed by atoms with Gasteiger partial charge in [-0.1, -0.05) is 0 Å². The van der Waals surface area contributed by atoms with Crippen LogP contribution in [-0.4, -0.2) is 45.8 Å². The molecule has 5 heteroatoms. The molecule has 21 heavy (non-hydrogen) atoms. The lowest BCUT2D eigenvalue weighted by atomic mass is 9.91. The average Bonchev–Trinajstić information content (AvgIpc) is 2.74.